The SMILES string of the molecule is C=C[C@@]1(C)CC[C@@H]2[C@@]3(C)CCC[C@@](C)(C(=O)OC)[C@@H]3CC(=O)[C@@]2(O)C1. The van der Waals surface area contributed by atoms with Crippen LogP contribution in [0.1, 0.15) is 65.7 Å². The predicted octanol–water partition coefficient (Wildman–Crippen LogP) is 3.67. The van der Waals surface area contributed by atoms with E-state index in [1.54, 1.807) is 0 Å². The molecule has 3 rings (SSSR count). The van der Waals surface area contributed by atoms with Crippen LogP contribution in [-0.2, 0) is 14.3 Å². The molecule has 0 aromatic carbocycles. The second kappa shape index (κ2) is 5.67. The Balaban J connectivity index is 2.04. The van der Waals surface area contributed by atoms with Crippen molar-refractivity contribution in [3.8, 4) is 0 Å². The summed E-state index contributed by atoms with van der Waals surface area (Å²) in [6.45, 7) is 10.1. The number of esters is 1. The van der Waals surface area contributed by atoms with Crippen molar-refractivity contribution in [2.45, 2.75) is 71.3 Å². The lowest BCUT2D eigenvalue weighted by Crippen LogP contribution is -2.66. The lowest BCUT2D eigenvalue weighted by molar-refractivity contribution is -0.209. The van der Waals surface area contributed by atoms with Gasteiger partial charge in [0.2, 0.25) is 0 Å². The first-order chi connectivity index (χ1) is 11.6. The van der Waals surface area contributed by atoms with Crippen LogP contribution in [0.2, 0.25) is 0 Å². The number of allylic oxidation sites excluding steroid dienone is 1. The highest BCUT2D eigenvalue weighted by atomic mass is 16.5. The smallest absolute Gasteiger partial charge is 0.311 e. The molecule has 0 heterocycles. The van der Waals surface area contributed by atoms with Crippen molar-refractivity contribution in [2.24, 2.45) is 28.1 Å². The number of hydrogen-bond donors (Lipinski definition) is 1. The highest BCUT2D eigenvalue weighted by molar-refractivity contribution is 5.90. The lowest BCUT2D eigenvalue weighted by Gasteiger charge is -2.63. The van der Waals surface area contributed by atoms with Gasteiger partial charge in [-0.1, -0.05) is 26.3 Å². The molecule has 4 nitrogen and oxygen atoms in total. The van der Waals surface area contributed by atoms with E-state index < -0.39 is 11.0 Å². The van der Waals surface area contributed by atoms with Crippen molar-refractivity contribution < 1.29 is 19.4 Å². The Morgan fingerprint density at radius 1 is 1.24 bits per heavy atom. The molecule has 25 heavy (non-hydrogen) atoms. The molecule has 0 radical (unpaired) electrons. The third-order valence-corrected chi connectivity index (χ3v) is 8.04. The van der Waals surface area contributed by atoms with Gasteiger partial charge >= 0.3 is 5.97 Å². The van der Waals surface area contributed by atoms with E-state index in [2.05, 4.69) is 20.4 Å². The molecule has 0 amide bonds. The zero-order valence-electron chi connectivity index (χ0n) is 16.1. The van der Waals surface area contributed by atoms with Gasteiger partial charge in [-0.2, -0.15) is 0 Å². The van der Waals surface area contributed by atoms with Crippen molar-refractivity contribution in [3.63, 3.8) is 0 Å². The Morgan fingerprint density at radius 3 is 2.52 bits per heavy atom. The van der Waals surface area contributed by atoms with E-state index in [1.165, 1.54) is 7.11 Å². The van der Waals surface area contributed by atoms with E-state index in [0.29, 0.717) is 6.42 Å². The van der Waals surface area contributed by atoms with Crippen molar-refractivity contribution in [2.75, 3.05) is 7.11 Å². The number of methoxy groups -OCH3 is 1. The molecule has 4 heteroatoms. The molecule has 0 saturated heterocycles. The molecule has 6 atom stereocenters. The zero-order chi connectivity index (χ0) is 18.7. The van der Waals surface area contributed by atoms with Gasteiger partial charge in [-0.05, 0) is 55.8 Å². The Morgan fingerprint density at radius 2 is 1.92 bits per heavy atom. The average Bonchev–Trinajstić information content (AvgIpc) is 2.56. The number of hydrogen-bond acceptors (Lipinski definition) is 4. The van der Waals surface area contributed by atoms with Crippen LogP contribution in [0.4, 0.5) is 0 Å². The predicted molar refractivity (Wildman–Crippen MR) is 95.8 cm³/mol. The summed E-state index contributed by atoms with van der Waals surface area (Å²) in [4.78, 5) is 25.7. The van der Waals surface area contributed by atoms with Crippen LogP contribution in [0.15, 0.2) is 12.7 Å². The minimum Gasteiger partial charge on any atom is -0.469 e. The summed E-state index contributed by atoms with van der Waals surface area (Å²) >= 11 is 0. The second-order valence-electron chi connectivity index (χ2n) is 9.50. The Labute approximate surface area is 151 Å². The standard InChI is InChI=1S/C21H32O4/c1-6-18(2)11-8-14-19(3)9-7-10-20(4,17(23)25-5)15(19)12-16(22)21(14,24)13-18/h6,14-15,24H,1,7-13H2,2-5H3/t14-,15-,18+,19-,20-,21-/m1/s1. The molecule has 0 spiro atoms. The lowest BCUT2D eigenvalue weighted by atomic mass is 9.41. The maximum absolute atomic E-state index is 13.1. The molecule has 0 unspecified atom stereocenters. The van der Waals surface area contributed by atoms with Crippen molar-refractivity contribution >= 4 is 11.8 Å². The van der Waals surface area contributed by atoms with Gasteiger partial charge in [-0.3, -0.25) is 9.59 Å². The maximum Gasteiger partial charge on any atom is 0.311 e. The van der Waals surface area contributed by atoms with E-state index in [4.69, 9.17) is 4.74 Å². The number of rotatable bonds is 2. The average molecular weight is 348 g/mol. The molecular weight excluding hydrogens is 316 g/mol. The summed E-state index contributed by atoms with van der Waals surface area (Å²) in [5.41, 5.74) is -2.35. The Bertz CT molecular complexity index is 613. The molecule has 1 N–H and O–H groups in total. The molecule has 3 aliphatic rings. The first-order valence-corrected chi connectivity index (χ1v) is 9.53. The molecule has 3 aliphatic carbocycles. The monoisotopic (exact) mass is 348 g/mol. The number of carbonyl (C=O) groups excluding carboxylic acids is 2. The topological polar surface area (TPSA) is 63.6 Å². The van der Waals surface area contributed by atoms with Crippen LogP contribution in [0.5, 0.6) is 0 Å². The minimum absolute atomic E-state index is 0.0629. The van der Waals surface area contributed by atoms with Crippen molar-refractivity contribution in [3.05, 3.63) is 12.7 Å². The van der Waals surface area contributed by atoms with E-state index in [-0.39, 0.29) is 40.8 Å². The van der Waals surface area contributed by atoms with Crippen LogP contribution >= 0.6 is 0 Å². The van der Waals surface area contributed by atoms with Crippen LogP contribution in [0.25, 0.3) is 0 Å². The van der Waals surface area contributed by atoms with Gasteiger partial charge in [0.05, 0.1) is 12.5 Å². The van der Waals surface area contributed by atoms with Gasteiger partial charge < -0.3 is 9.84 Å². The minimum atomic E-state index is -1.29. The summed E-state index contributed by atoms with van der Waals surface area (Å²) in [5, 5.41) is 11.5. The number of carbonyl (C=O) groups is 2. The van der Waals surface area contributed by atoms with Crippen molar-refractivity contribution in [1.29, 1.82) is 0 Å². The molecule has 0 aliphatic heterocycles. The molecule has 0 aromatic heterocycles. The van der Waals surface area contributed by atoms with Crippen LogP contribution in [0, 0.1) is 28.1 Å². The Kier molecular flexibility index (Phi) is 4.22. The number of fused-ring (bicyclic) bond motifs is 3. The van der Waals surface area contributed by atoms with Gasteiger partial charge in [0, 0.05) is 12.3 Å². The number of Topliss-reactive ketones (excluding diaryl/α,β-unsaturated/α-hetero) is 1. The van der Waals surface area contributed by atoms with Crippen LogP contribution in [-0.4, -0.2) is 29.6 Å². The van der Waals surface area contributed by atoms with Crippen LogP contribution < -0.4 is 0 Å². The molecule has 0 aromatic rings. The molecular formula is C21H32O4. The summed E-state index contributed by atoms with van der Waals surface area (Å²) in [6, 6.07) is 0. The van der Waals surface area contributed by atoms with E-state index in [9.17, 15) is 14.7 Å². The zero-order valence-corrected chi connectivity index (χ0v) is 16.1. The number of ether oxygens (including phenoxy) is 1. The molecule has 140 valence electrons. The van der Waals surface area contributed by atoms with Gasteiger partial charge in [-0.15, -0.1) is 6.58 Å². The first-order valence-electron chi connectivity index (χ1n) is 9.53. The fourth-order valence-corrected chi connectivity index (χ4v) is 6.51. The third-order valence-electron chi connectivity index (χ3n) is 8.04. The first kappa shape index (κ1) is 18.6. The summed E-state index contributed by atoms with van der Waals surface area (Å²) in [7, 11) is 1.43. The van der Waals surface area contributed by atoms with E-state index in [1.807, 2.05) is 13.0 Å². The normalized spacial score (nSPS) is 49.7. The van der Waals surface area contributed by atoms with Gasteiger partial charge in [0.1, 0.15) is 5.60 Å². The highest BCUT2D eigenvalue weighted by Crippen LogP contribution is 2.65. The summed E-state index contributed by atoms with van der Waals surface area (Å²) in [6.07, 6.45) is 6.97. The summed E-state index contributed by atoms with van der Waals surface area (Å²) < 4.78 is 5.11. The third kappa shape index (κ3) is 2.43. The number of aliphatic hydroxyl groups is 1. The fraction of sp³-hybridized carbons (Fsp3) is 0.810. The van der Waals surface area contributed by atoms with E-state index >= 15 is 0 Å². The fourth-order valence-electron chi connectivity index (χ4n) is 6.51. The maximum atomic E-state index is 13.1. The molecule has 0 bridgehead atoms. The van der Waals surface area contributed by atoms with Gasteiger partial charge in [0.15, 0.2) is 5.78 Å². The van der Waals surface area contributed by atoms with E-state index in [0.717, 1.165) is 32.1 Å². The van der Waals surface area contributed by atoms with Gasteiger partial charge in [-0.25, -0.2) is 0 Å². The highest BCUT2D eigenvalue weighted by Gasteiger charge is 2.67. The van der Waals surface area contributed by atoms with Gasteiger partial charge in [0.25, 0.3) is 0 Å². The second-order valence-corrected chi connectivity index (χ2v) is 9.50. The molecule has 3 saturated carbocycles. The summed E-state index contributed by atoms with van der Waals surface area (Å²) in [5.74, 6) is -0.464. The quantitative estimate of drug-likeness (QED) is 0.611. The largest absolute Gasteiger partial charge is 0.469 e. The molecule has 3 fully saturated rings. The number of ketones is 1. The van der Waals surface area contributed by atoms with Crippen LogP contribution in [0.3, 0.4) is 0 Å². The van der Waals surface area contributed by atoms with Crippen molar-refractivity contribution in [1.82, 2.24) is 0 Å². The Hall–Kier alpha value is -1.16.